The molecule has 0 heterocycles. The molecule has 3 nitrogen and oxygen atoms in total. The van der Waals surface area contributed by atoms with Crippen LogP contribution < -0.4 is 34.7 Å². The summed E-state index contributed by atoms with van der Waals surface area (Å²) >= 11 is 0. The SMILES string of the molecule is CC(O)C(=O)[O-].[Ca+2].[Na+]. The topological polar surface area (TPSA) is 60.4 Å². The smallest absolute Gasteiger partial charge is 0.547 e. The third-order valence-electron chi connectivity index (χ3n) is 0.341. The Hall–Kier alpha value is 1.69. The first-order chi connectivity index (χ1) is 2.64. The predicted octanol–water partition coefficient (Wildman–Crippen LogP) is -5.26. The van der Waals surface area contributed by atoms with Crippen molar-refractivity contribution in [3.05, 3.63) is 0 Å². The summed E-state index contributed by atoms with van der Waals surface area (Å²) in [4.78, 5) is 9.34. The fourth-order valence-electron chi connectivity index (χ4n) is 0. The zero-order chi connectivity index (χ0) is 5.15. The van der Waals surface area contributed by atoms with Crippen LogP contribution in [0.5, 0.6) is 0 Å². The Kier molecular flexibility index (Phi) is 17.8. The van der Waals surface area contributed by atoms with E-state index in [1.807, 2.05) is 0 Å². The fraction of sp³-hybridized carbons (Fsp3) is 0.667. The van der Waals surface area contributed by atoms with E-state index >= 15 is 0 Å². The van der Waals surface area contributed by atoms with E-state index in [9.17, 15) is 9.90 Å². The summed E-state index contributed by atoms with van der Waals surface area (Å²) in [6, 6.07) is 0. The van der Waals surface area contributed by atoms with Gasteiger partial charge in [0.1, 0.15) is 0 Å². The molecule has 0 aromatic carbocycles. The van der Waals surface area contributed by atoms with E-state index in [1.165, 1.54) is 0 Å². The van der Waals surface area contributed by atoms with Crippen molar-refractivity contribution in [3.63, 3.8) is 0 Å². The van der Waals surface area contributed by atoms with Crippen molar-refractivity contribution < 1.29 is 44.6 Å². The van der Waals surface area contributed by atoms with E-state index in [1.54, 1.807) is 0 Å². The van der Waals surface area contributed by atoms with Gasteiger partial charge in [0.15, 0.2) is 0 Å². The van der Waals surface area contributed by atoms with Crippen molar-refractivity contribution in [2.24, 2.45) is 0 Å². The average molecular weight is 152 g/mol. The van der Waals surface area contributed by atoms with Crippen molar-refractivity contribution in [1.82, 2.24) is 0 Å². The minimum Gasteiger partial charge on any atom is -0.547 e. The van der Waals surface area contributed by atoms with Gasteiger partial charge in [-0.2, -0.15) is 0 Å². The first kappa shape index (κ1) is 16.3. The molecule has 0 aliphatic rings. The van der Waals surface area contributed by atoms with Crippen LogP contribution in [0.25, 0.3) is 0 Å². The van der Waals surface area contributed by atoms with Gasteiger partial charge in [-0.1, -0.05) is 0 Å². The maximum atomic E-state index is 9.34. The largest absolute Gasteiger partial charge is 2.00 e. The van der Waals surface area contributed by atoms with Gasteiger partial charge < -0.3 is 15.0 Å². The number of aliphatic hydroxyl groups is 1. The van der Waals surface area contributed by atoms with Gasteiger partial charge >= 0.3 is 67.3 Å². The van der Waals surface area contributed by atoms with Crippen molar-refractivity contribution in [3.8, 4) is 0 Å². The summed E-state index contributed by atoms with van der Waals surface area (Å²) in [5.41, 5.74) is 0. The van der Waals surface area contributed by atoms with Crippen molar-refractivity contribution in [1.29, 1.82) is 0 Å². The molecule has 0 amide bonds. The van der Waals surface area contributed by atoms with Gasteiger partial charge in [-0.15, -0.1) is 0 Å². The molecule has 0 rings (SSSR count). The van der Waals surface area contributed by atoms with Crippen LogP contribution in [0.4, 0.5) is 0 Å². The number of rotatable bonds is 1. The third-order valence-corrected chi connectivity index (χ3v) is 0.341. The Morgan fingerprint density at radius 3 is 1.88 bits per heavy atom. The molecule has 0 bridgehead atoms. The molecule has 36 valence electrons. The Balaban J connectivity index is -0.000000125. The minimum absolute atomic E-state index is 0. The van der Waals surface area contributed by atoms with Crippen molar-refractivity contribution in [2.45, 2.75) is 13.0 Å². The zero-order valence-corrected chi connectivity index (χ0v) is 9.26. The number of carboxylic acids is 1. The molecule has 8 heavy (non-hydrogen) atoms. The number of hydrogen-bond acceptors (Lipinski definition) is 3. The molecule has 1 unspecified atom stereocenters. The van der Waals surface area contributed by atoms with Crippen LogP contribution in [0.1, 0.15) is 6.92 Å². The fourth-order valence-corrected chi connectivity index (χ4v) is 0. The van der Waals surface area contributed by atoms with Crippen LogP contribution in [0.2, 0.25) is 0 Å². The molecule has 0 fully saturated rings. The summed E-state index contributed by atoms with van der Waals surface area (Å²) in [5.74, 6) is -1.44. The normalized spacial score (nSPS) is 10.2. The average Bonchev–Trinajstić information content (AvgIpc) is 1.36. The standard InChI is InChI=1S/C3H6O3.Ca.Na/c1-2(4)3(5)6;;/h2,4H,1H3,(H,5,6);;/q;+2;+1/p-1. The Morgan fingerprint density at radius 1 is 1.75 bits per heavy atom. The summed E-state index contributed by atoms with van der Waals surface area (Å²) in [6.45, 7) is 1.13. The number of aliphatic carboxylic acids is 1. The second-order valence-corrected chi connectivity index (χ2v) is 0.995. The molecular formula is C3H5CaNaO3+2. The quantitative estimate of drug-likeness (QED) is 0.382. The molecule has 0 saturated carbocycles. The number of hydrogen-bond donors (Lipinski definition) is 1. The van der Waals surface area contributed by atoms with Gasteiger partial charge in [0.25, 0.3) is 0 Å². The summed E-state index contributed by atoms with van der Waals surface area (Å²) in [6.07, 6.45) is -1.34. The monoisotopic (exact) mass is 152 g/mol. The van der Waals surface area contributed by atoms with E-state index in [0.29, 0.717) is 0 Å². The molecule has 0 spiro atoms. The molecule has 1 N–H and O–H groups in total. The second kappa shape index (κ2) is 8.69. The van der Waals surface area contributed by atoms with Gasteiger partial charge in [-0.3, -0.25) is 0 Å². The van der Waals surface area contributed by atoms with Crippen molar-refractivity contribution in [2.75, 3.05) is 0 Å². The van der Waals surface area contributed by atoms with Crippen LogP contribution in [-0.2, 0) is 4.79 Å². The Bertz CT molecular complexity index is 65.5. The van der Waals surface area contributed by atoms with Crippen molar-refractivity contribution >= 4 is 43.7 Å². The van der Waals surface area contributed by atoms with Gasteiger partial charge in [-0.25, -0.2) is 0 Å². The van der Waals surface area contributed by atoms with E-state index in [4.69, 9.17) is 5.11 Å². The molecule has 0 aromatic rings. The molecular weight excluding hydrogens is 147 g/mol. The second-order valence-electron chi connectivity index (χ2n) is 0.995. The Labute approximate surface area is 99.7 Å². The van der Waals surface area contributed by atoms with Crippen LogP contribution in [-0.4, -0.2) is 54.9 Å². The molecule has 0 aromatic heterocycles. The number of carbonyl (C=O) groups is 1. The van der Waals surface area contributed by atoms with Gasteiger partial charge in [0.2, 0.25) is 0 Å². The number of carboxylic acid groups (broad SMARTS) is 1. The van der Waals surface area contributed by atoms with E-state index in [-0.39, 0.29) is 67.3 Å². The van der Waals surface area contributed by atoms with E-state index in [2.05, 4.69) is 0 Å². The third kappa shape index (κ3) is 10.6. The van der Waals surface area contributed by atoms with Crippen LogP contribution >= 0.6 is 0 Å². The molecule has 0 saturated heterocycles. The van der Waals surface area contributed by atoms with Gasteiger partial charge in [0.05, 0.1) is 12.1 Å². The molecule has 1 atom stereocenters. The van der Waals surface area contributed by atoms with Crippen LogP contribution in [0.15, 0.2) is 0 Å². The molecule has 0 aliphatic heterocycles. The molecule has 0 radical (unpaired) electrons. The van der Waals surface area contributed by atoms with E-state index < -0.39 is 12.1 Å². The van der Waals surface area contributed by atoms with Crippen LogP contribution in [0, 0.1) is 0 Å². The Morgan fingerprint density at radius 2 is 1.88 bits per heavy atom. The van der Waals surface area contributed by atoms with Gasteiger partial charge in [-0.05, 0) is 6.92 Å². The number of aliphatic hydroxyl groups excluding tert-OH is 1. The zero-order valence-electron chi connectivity index (χ0n) is 5.05. The summed E-state index contributed by atoms with van der Waals surface area (Å²) < 4.78 is 0. The van der Waals surface area contributed by atoms with E-state index in [0.717, 1.165) is 6.92 Å². The minimum atomic E-state index is -1.44. The molecule has 5 heteroatoms. The van der Waals surface area contributed by atoms with Crippen LogP contribution in [0.3, 0.4) is 0 Å². The first-order valence-electron chi connectivity index (χ1n) is 1.53. The first-order valence-corrected chi connectivity index (χ1v) is 1.53. The number of carbonyl (C=O) groups excluding carboxylic acids is 1. The summed E-state index contributed by atoms with van der Waals surface area (Å²) in [7, 11) is 0. The maximum absolute atomic E-state index is 9.34. The maximum Gasteiger partial charge on any atom is 2.00 e. The van der Waals surface area contributed by atoms with Gasteiger partial charge in [0, 0.05) is 0 Å². The predicted molar refractivity (Wildman–Crippen MR) is 22.4 cm³/mol. The molecule has 0 aliphatic carbocycles. The summed E-state index contributed by atoms with van der Waals surface area (Å²) in [5, 5.41) is 17.3.